The Labute approximate surface area is 90.9 Å². The third kappa shape index (κ3) is 2.62. The third-order valence-electron chi connectivity index (χ3n) is 2.40. The van der Waals surface area contributed by atoms with Crippen molar-refractivity contribution in [1.82, 2.24) is 10.2 Å². The molecule has 0 amide bonds. The van der Waals surface area contributed by atoms with Gasteiger partial charge in [-0.25, -0.2) is 0 Å². The number of hydrogen-bond acceptors (Lipinski definition) is 2. The largest absolute Gasteiger partial charge is 0.368 e. The van der Waals surface area contributed by atoms with Crippen molar-refractivity contribution in [2.45, 2.75) is 6.54 Å². The van der Waals surface area contributed by atoms with E-state index in [0.717, 1.165) is 18.9 Å². The van der Waals surface area contributed by atoms with Crippen molar-refractivity contribution in [1.29, 1.82) is 0 Å². The number of hydrogen-bond donors (Lipinski definition) is 1. The van der Waals surface area contributed by atoms with Gasteiger partial charge in [-0.3, -0.25) is 0 Å². The number of benzene rings is 1. The minimum absolute atomic E-state index is 0.797. The van der Waals surface area contributed by atoms with E-state index in [1.54, 1.807) is 0 Å². The van der Waals surface area contributed by atoms with Crippen molar-refractivity contribution in [3.8, 4) is 0 Å². The van der Waals surface area contributed by atoms with Gasteiger partial charge in [0.1, 0.15) is 5.82 Å². The smallest absolute Gasteiger partial charge is 0.102 e. The monoisotopic (exact) mass is 199 g/mol. The molecule has 2 heteroatoms. The van der Waals surface area contributed by atoms with Gasteiger partial charge in [-0.1, -0.05) is 36.4 Å². The highest BCUT2D eigenvalue weighted by atomic mass is 15.2. The summed E-state index contributed by atoms with van der Waals surface area (Å²) in [5.74, 6) is 1.15. The predicted octanol–water partition coefficient (Wildman–Crippen LogP) is 1.92. The summed E-state index contributed by atoms with van der Waals surface area (Å²) in [4.78, 5) is 2.20. The molecule has 0 aromatic heterocycles. The van der Waals surface area contributed by atoms with Crippen molar-refractivity contribution in [2.75, 3.05) is 13.6 Å². The summed E-state index contributed by atoms with van der Waals surface area (Å²) in [5.41, 5.74) is 1.32. The Balaban J connectivity index is 2.00. The first-order valence-electron chi connectivity index (χ1n) is 5.12. The zero-order valence-electron chi connectivity index (χ0n) is 8.90. The summed E-state index contributed by atoms with van der Waals surface area (Å²) in [6.45, 7) is 1.72. The highest BCUT2D eigenvalue weighted by molar-refractivity contribution is 5.18. The zero-order valence-corrected chi connectivity index (χ0v) is 8.90. The van der Waals surface area contributed by atoms with Crippen LogP contribution in [0.3, 0.4) is 0 Å². The molecule has 0 saturated carbocycles. The molecular formula is C13H15N2. The van der Waals surface area contributed by atoms with Crippen LogP contribution < -0.4 is 5.32 Å². The molecule has 1 aliphatic rings. The number of allylic oxidation sites excluding steroid dienone is 2. The Bertz CT molecular complexity index is 365. The van der Waals surface area contributed by atoms with Gasteiger partial charge in [0.05, 0.1) is 0 Å². The van der Waals surface area contributed by atoms with Gasteiger partial charge in [0, 0.05) is 20.1 Å². The number of rotatable bonds is 3. The summed E-state index contributed by atoms with van der Waals surface area (Å²) in [7, 11) is 2.09. The number of nitrogens with zero attached hydrogens (tertiary/aromatic N) is 1. The van der Waals surface area contributed by atoms with Crippen LogP contribution in [0.25, 0.3) is 0 Å². The molecule has 0 aliphatic carbocycles. The average molecular weight is 199 g/mol. The molecule has 0 bridgehead atoms. The minimum atomic E-state index is 0.797. The summed E-state index contributed by atoms with van der Waals surface area (Å²) in [6.07, 6.45) is 7.11. The quantitative estimate of drug-likeness (QED) is 0.800. The number of nitrogens with one attached hydrogen (secondary N) is 1. The highest BCUT2D eigenvalue weighted by Crippen LogP contribution is 2.08. The maximum atomic E-state index is 3.28. The van der Waals surface area contributed by atoms with E-state index in [4.69, 9.17) is 0 Å². The van der Waals surface area contributed by atoms with Gasteiger partial charge in [-0.05, 0) is 17.7 Å². The van der Waals surface area contributed by atoms with E-state index in [2.05, 4.69) is 47.6 Å². The summed E-state index contributed by atoms with van der Waals surface area (Å²) in [5, 5.41) is 3.28. The van der Waals surface area contributed by atoms with Crippen molar-refractivity contribution in [2.24, 2.45) is 0 Å². The van der Waals surface area contributed by atoms with E-state index in [0.29, 0.717) is 0 Å². The normalized spacial score (nSPS) is 14.3. The van der Waals surface area contributed by atoms with Crippen molar-refractivity contribution in [3.05, 3.63) is 59.9 Å². The fraction of sp³-hybridized carbons (Fsp3) is 0.231. The van der Waals surface area contributed by atoms with E-state index in [9.17, 15) is 0 Å². The van der Waals surface area contributed by atoms with Crippen LogP contribution >= 0.6 is 0 Å². The molecule has 15 heavy (non-hydrogen) atoms. The standard InChI is InChI=1S/C13H15N2/c1-15(13-9-5-6-10-14-13)11-12-7-3-2-4-8-12/h2-5,7-9,14H,10-11H2,1H3. The Hall–Kier alpha value is -1.70. The molecule has 1 aromatic carbocycles. The Morgan fingerprint density at radius 1 is 1.33 bits per heavy atom. The molecule has 0 fully saturated rings. The van der Waals surface area contributed by atoms with Gasteiger partial charge in [0.2, 0.25) is 0 Å². The second-order valence-electron chi connectivity index (χ2n) is 3.62. The molecule has 0 spiro atoms. The molecule has 0 unspecified atom stereocenters. The molecule has 0 atom stereocenters. The lowest BCUT2D eigenvalue weighted by atomic mass is 10.2. The maximum Gasteiger partial charge on any atom is 0.102 e. The van der Waals surface area contributed by atoms with Crippen molar-refractivity contribution in [3.63, 3.8) is 0 Å². The van der Waals surface area contributed by atoms with Crippen molar-refractivity contribution >= 4 is 0 Å². The van der Waals surface area contributed by atoms with Crippen LogP contribution in [0, 0.1) is 6.08 Å². The van der Waals surface area contributed by atoms with Crippen LogP contribution in [0.15, 0.2) is 48.3 Å². The highest BCUT2D eigenvalue weighted by Gasteiger charge is 2.05. The SMILES string of the molecule is CN(Cc1ccccc1)C1=CC=[C]CN1. The molecule has 77 valence electrons. The van der Waals surface area contributed by atoms with Crippen LogP contribution in [-0.2, 0) is 6.54 Å². The summed E-state index contributed by atoms with van der Waals surface area (Å²) < 4.78 is 0. The van der Waals surface area contributed by atoms with E-state index >= 15 is 0 Å². The molecule has 0 saturated heterocycles. The Kier molecular flexibility index (Phi) is 3.08. The van der Waals surface area contributed by atoms with Gasteiger partial charge >= 0.3 is 0 Å². The lowest BCUT2D eigenvalue weighted by molar-refractivity contribution is 0.379. The van der Waals surface area contributed by atoms with Crippen LogP contribution in [-0.4, -0.2) is 18.5 Å². The Morgan fingerprint density at radius 2 is 2.13 bits per heavy atom. The van der Waals surface area contributed by atoms with Gasteiger partial charge in [0.15, 0.2) is 0 Å². The van der Waals surface area contributed by atoms with Gasteiger partial charge in [0.25, 0.3) is 0 Å². The van der Waals surface area contributed by atoms with Crippen LogP contribution in [0.2, 0.25) is 0 Å². The fourth-order valence-corrected chi connectivity index (χ4v) is 1.60. The third-order valence-corrected chi connectivity index (χ3v) is 2.40. The minimum Gasteiger partial charge on any atom is -0.368 e. The summed E-state index contributed by atoms with van der Waals surface area (Å²) in [6, 6.07) is 10.5. The van der Waals surface area contributed by atoms with Gasteiger partial charge < -0.3 is 10.2 Å². The van der Waals surface area contributed by atoms with E-state index in [-0.39, 0.29) is 0 Å². The molecule has 2 nitrogen and oxygen atoms in total. The summed E-state index contributed by atoms with van der Waals surface area (Å²) >= 11 is 0. The molecule has 1 N–H and O–H groups in total. The van der Waals surface area contributed by atoms with E-state index < -0.39 is 0 Å². The van der Waals surface area contributed by atoms with Crippen LogP contribution in [0.5, 0.6) is 0 Å². The molecule has 1 heterocycles. The van der Waals surface area contributed by atoms with E-state index in [1.807, 2.05) is 18.2 Å². The molecule has 1 aromatic rings. The van der Waals surface area contributed by atoms with Gasteiger partial charge in [-0.2, -0.15) is 0 Å². The zero-order chi connectivity index (χ0) is 10.5. The molecular weight excluding hydrogens is 184 g/mol. The average Bonchev–Trinajstić information content (AvgIpc) is 2.31. The lowest BCUT2D eigenvalue weighted by Crippen LogP contribution is -2.29. The Morgan fingerprint density at radius 3 is 2.80 bits per heavy atom. The molecule has 2 rings (SSSR count). The van der Waals surface area contributed by atoms with E-state index in [1.165, 1.54) is 5.56 Å². The van der Waals surface area contributed by atoms with Crippen LogP contribution in [0.1, 0.15) is 5.56 Å². The predicted molar refractivity (Wildman–Crippen MR) is 61.8 cm³/mol. The first-order valence-corrected chi connectivity index (χ1v) is 5.12. The second-order valence-corrected chi connectivity index (χ2v) is 3.62. The fourth-order valence-electron chi connectivity index (χ4n) is 1.60. The second kappa shape index (κ2) is 4.69. The molecule has 1 aliphatic heterocycles. The van der Waals surface area contributed by atoms with Crippen LogP contribution in [0.4, 0.5) is 0 Å². The van der Waals surface area contributed by atoms with Crippen molar-refractivity contribution < 1.29 is 0 Å². The topological polar surface area (TPSA) is 15.3 Å². The first-order chi connectivity index (χ1) is 7.36. The van der Waals surface area contributed by atoms with Gasteiger partial charge in [-0.15, -0.1) is 0 Å². The lowest BCUT2D eigenvalue weighted by Gasteiger charge is -2.24. The molecule has 1 radical (unpaired) electrons. The maximum absolute atomic E-state index is 3.28. The first kappa shape index (κ1) is 9.84. The number of dihydropyridines is 1.